The fraction of sp³-hybridized carbons (Fsp3) is 0.618. The lowest BCUT2D eigenvalue weighted by Gasteiger charge is -2.39. The van der Waals surface area contributed by atoms with Crippen LogP contribution in [0.4, 0.5) is 0 Å². The standard InChI is InChI=1S/C34H49N5O6/c1-5-22(3)30-34(44)38-19-13-12-18-29(38)33(43)35-26(16-9-7-8-14-24(40)6-2)31(41)36-27(32(42)37-30)20-23-21-39(45-4)28-17-11-10-15-25(23)28/h10-11,15,17,21-22,26-27,29-30H,5-9,12-14,16,18-20H2,1-4H3,(H,35,43)(H,36,41)(H,37,42)/t22-,26-,27-,29-,30-/m0/s1. The Balaban J connectivity index is 1.66. The van der Waals surface area contributed by atoms with E-state index in [1.54, 1.807) is 22.9 Å². The molecule has 2 aromatic rings. The molecule has 1 aromatic carbocycles. The van der Waals surface area contributed by atoms with E-state index in [-0.39, 0.29) is 29.9 Å². The number of carbonyl (C=O) groups is 5. The van der Waals surface area contributed by atoms with E-state index in [1.807, 2.05) is 45.0 Å². The van der Waals surface area contributed by atoms with Gasteiger partial charge in [-0.15, -0.1) is 0 Å². The molecule has 4 rings (SSSR count). The summed E-state index contributed by atoms with van der Waals surface area (Å²) in [6.07, 6.45) is 8.07. The second kappa shape index (κ2) is 15.9. The molecule has 3 N–H and O–H groups in total. The van der Waals surface area contributed by atoms with Crippen LogP contribution in [0.2, 0.25) is 0 Å². The number of benzene rings is 1. The molecule has 45 heavy (non-hydrogen) atoms. The molecule has 11 heteroatoms. The quantitative estimate of drug-likeness (QED) is 0.311. The first-order valence-electron chi connectivity index (χ1n) is 16.5. The molecule has 2 fully saturated rings. The first-order chi connectivity index (χ1) is 21.7. The van der Waals surface area contributed by atoms with E-state index in [1.165, 1.54) is 0 Å². The normalized spacial score (nSPS) is 23.7. The monoisotopic (exact) mass is 623 g/mol. The van der Waals surface area contributed by atoms with Crippen LogP contribution in [-0.4, -0.2) is 76.9 Å². The second-order valence-corrected chi connectivity index (χ2v) is 12.4. The minimum atomic E-state index is -1.01. The number of para-hydroxylation sites is 1. The third-order valence-electron chi connectivity index (χ3n) is 9.36. The first kappa shape index (κ1) is 34.0. The average Bonchev–Trinajstić information content (AvgIpc) is 3.41. The molecule has 1 aromatic heterocycles. The van der Waals surface area contributed by atoms with Gasteiger partial charge < -0.3 is 25.7 Å². The molecular formula is C34H49N5O6. The van der Waals surface area contributed by atoms with Gasteiger partial charge in [0, 0.05) is 37.4 Å². The zero-order chi connectivity index (χ0) is 32.5. The minimum Gasteiger partial charge on any atom is -0.417 e. The van der Waals surface area contributed by atoms with E-state index in [2.05, 4.69) is 16.0 Å². The molecule has 11 nitrogen and oxygen atoms in total. The van der Waals surface area contributed by atoms with Crippen molar-refractivity contribution in [1.82, 2.24) is 25.6 Å². The number of amides is 4. The number of ketones is 1. The lowest BCUT2D eigenvalue weighted by atomic mass is 9.93. The summed E-state index contributed by atoms with van der Waals surface area (Å²) in [7, 11) is 1.56. The zero-order valence-corrected chi connectivity index (χ0v) is 27.1. The maximum atomic E-state index is 14.0. The SMILES string of the molecule is CCC(=O)CCCCC[C@@H]1NC(=O)[C@@H]2CCCCN2C(=O)[C@H]([C@@H](C)CC)NC(=O)[C@H](Cc2cn(OC)c3ccccc23)NC1=O. The van der Waals surface area contributed by atoms with E-state index in [4.69, 9.17) is 4.84 Å². The number of aromatic nitrogens is 1. The van der Waals surface area contributed by atoms with Gasteiger partial charge in [0.2, 0.25) is 23.6 Å². The van der Waals surface area contributed by atoms with Crippen molar-refractivity contribution in [3.8, 4) is 0 Å². The maximum absolute atomic E-state index is 14.0. The van der Waals surface area contributed by atoms with Crippen molar-refractivity contribution in [1.29, 1.82) is 0 Å². The summed E-state index contributed by atoms with van der Waals surface area (Å²) in [5, 5.41) is 9.75. The number of Topliss-reactive ketones (excluding diaryl/α,β-unsaturated/α-hetero) is 1. The Morgan fingerprint density at radius 3 is 2.42 bits per heavy atom. The summed E-state index contributed by atoms with van der Waals surface area (Å²) in [5.41, 5.74) is 1.62. The van der Waals surface area contributed by atoms with Gasteiger partial charge in [-0.2, -0.15) is 4.73 Å². The third-order valence-corrected chi connectivity index (χ3v) is 9.36. The molecule has 0 saturated carbocycles. The van der Waals surface area contributed by atoms with Crippen LogP contribution in [-0.2, 0) is 30.4 Å². The molecule has 4 amide bonds. The Morgan fingerprint density at radius 1 is 0.956 bits per heavy atom. The largest absolute Gasteiger partial charge is 0.417 e. The highest BCUT2D eigenvalue weighted by molar-refractivity contribution is 5.98. The number of hydrogen-bond donors (Lipinski definition) is 3. The molecule has 0 spiro atoms. The van der Waals surface area contributed by atoms with Crippen molar-refractivity contribution >= 4 is 40.3 Å². The maximum Gasteiger partial charge on any atom is 0.246 e. The van der Waals surface area contributed by atoms with E-state index < -0.39 is 36.0 Å². The third kappa shape index (κ3) is 8.23. The molecule has 2 saturated heterocycles. The number of nitrogens with one attached hydrogen (secondary N) is 3. The number of hydrogen-bond acceptors (Lipinski definition) is 6. The molecule has 0 bridgehead atoms. The lowest BCUT2D eigenvalue weighted by Crippen LogP contribution is -2.64. The summed E-state index contributed by atoms with van der Waals surface area (Å²) in [6, 6.07) is 4.20. The van der Waals surface area contributed by atoms with Gasteiger partial charge in [-0.3, -0.25) is 24.0 Å². The molecular weight excluding hydrogens is 574 g/mol. The van der Waals surface area contributed by atoms with Crippen LogP contribution in [0.3, 0.4) is 0 Å². The molecule has 246 valence electrons. The number of unbranched alkanes of at least 4 members (excludes halogenated alkanes) is 2. The molecule has 0 unspecified atom stereocenters. The molecule has 5 atom stereocenters. The van der Waals surface area contributed by atoms with Gasteiger partial charge in [0.25, 0.3) is 0 Å². The number of carbonyl (C=O) groups excluding carboxylic acids is 5. The molecule has 0 aliphatic carbocycles. The van der Waals surface area contributed by atoms with Crippen LogP contribution < -0.4 is 20.8 Å². The summed E-state index contributed by atoms with van der Waals surface area (Å²) < 4.78 is 1.62. The van der Waals surface area contributed by atoms with E-state index >= 15 is 0 Å². The number of piperidine rings is 1. The van der Waals surface area contributed by atoms with Crippen molar-refractivity contribution < 1.29 is 28.8 Å². The molecule has 2 aliphatic heterocycles. The summed E-state index contributed by atoms with van der Waals surface area (Å²) in [6.45, 7) is 6.14. The molecule has 2 aliphatic rings. The number of fused-ring (bicyclic) bond motifs is 2. The van der Waals surface area contributed by atoms with Gasteiger partial charge in [-0.1, -0.05) is 58.2 Å². The van der Waals surface area contributed by atoms with Crippen LogP contribution in [0.25, 0.3) is 10.9 Å². The van der Waals surface area contributed by atoms with Gasteiger partial charge >= 0.3 is 0 Å². The van der Waals surface area contributed by atoms with Gasteiger partial charge in [0.1, 0.15) is 37.1 Å². The van der Waals surface area contributed by atoms with Crippen LogP contribution >= 0.6 is 0 Å². The number of rotatable bonds is 12. The predicted octanol–water partition coefficient (Wildman–Crippen LogP) is 3.07. The van der Waals surface area contributed by atoms with E-state index in [0.717, 1.165) is 35.7 Å². The predicted molar refractivity (Wildman–Crippen MR) is 171 cm³/mol. The summed E-state index contributed by atoms with van der Waals surface area (Å²) >= 11 is 0. The Bertz CT molecular complexity index is 1370. The highest BCUT2D eigenvalue weighted by Crippen LogP contribution is 2.24. The van der Waals surface area contributed by atoms with Crippen LogP contribution in [0.1, 0.15) is 90.5 Å². The Hall–Kier alpha value is -3.89. The van der Waals surface area contributed by atoms with Crippen molar-refractivity contribution in [2.75, 3.05) is 13.7 Å². The highest BCUT2D eigenvalue weighted by Gasteiger charge is 2.40. The van der Waals surface area contributed by atoms with Gasteiger partial charge in [-0.25, -0.2) is 0 Å². The first-order valence-corrected chi connectivity index (χ1v) is 16.5. The topological polar surface area (TPSA) is 139 Å². The van der Waals surface area contributed by atoms with Crippen LogP contribution in [0.15, 0.2) is 30.5 Å². The lowest BCUT2D eigenvalue weighted by molar-refractivity contribution is -0.147. The van der Waals surface area contributed by atoms with Crippen molar-refractivity contribution in [2.45, 2.75) is 116 Å². The Labute approximate surface area is 265 Å². The fourth-order valence-electron chi connectivity index (χ4n) is 6.38. The molecule has 3 heterocycles. The van der Waals surface area contributed by atoms with Crippen molar-refractivity contribution in [3.63, 3.8) is 0 Å². The van der Waals surface area contributed by atoms with E-state index in [9.17, 15) is 24.0 Å². The summed E-state index contributed by atoms with van der Waals surface area (Å²) in [5.74, 6) is -1.50. The van der Waals surface area contributed by atoms with Gasteiger partial charge in [0.15, 0.2) is 0 Å². The molecule has 0 radical (unpaired) electrons. The van der Waals surface area contributed by atoms with E-state index in [0.29, 0.717) is 51.5 Å². The fourth-order valence-corrected chi connectivity index (χ4v) is 6.38. The minimum absolute atomic E-state index is 0.155. The van der Waals surface area contributed by atoms with Gasteiger partial charge in [0.05, 0.1) is 5.52 Å². The van der Waals surface area contributed by atoms with Crippen molar-refractivity contribution in [3.05, 3.63) is 36.0 Å². The average molecular weight is 624 g/mol. The van der Waals surface area contributed by atoms with Crippen molar-refractivity contribution in [2.24, 2.45) is 5.92 Å². The zero-order valence-electron chi connectivity index (χ0n) is 27.1. The van der Waals surface area contributed by atoms with Crippen LogP contribution in [0.5, 0.6) is 0 Å². The smallest absolute Gasteiger partial charge is 0.246 e. The van der Waals surface area contributed by atoms with Crippen LogP contribution in [0, 0.1) is 5.92 Å². The second-order valence-electron chi connectivity index (χ2n) is 12.4. The Morgan fingerprint density at radius 2 is 1.69 bits per heavy atom. The highest BCUT2D eigenvalue weighted by atomic mass is 16.6. The number of nitrogens with zero attached hydrogens (tertiary/aromatic N) is 2. The van der Waals surface area contributed by atoms with Gasteiger partial charge in [-0.05, 0) is 49.7 Å². The summed E-state index contributed by atoms with van der Waals surface area (Å²) in [4.78, 5) is 74.5. The Kier molecular flexibility index (Phi) is 12.0.